The Morgan fingerprint density at radius 2 is 2.25 bits per heavy atom. The molecular weight excluding hydrogens is 256 g/mol. The number of aliphatic hydroxyl groups is 1. The molecule has 0 aromatic carbocycles. The van der Waals surface area contributed by atoms with Gasteiger partial charge in [0.2, 0.25) is 5.91 Å². The first-order valence-corrected chi connectivity index (χ1v) is 7.56. The molecule has 1 fully saturated rings. The molecule has 20 heavy (non-hydrogen) atoms. The lowest BCUT2D eigenvalue weighted by molar-refractivity contribution is -0.127. The van der Waals surface area contributed by atoms with E-state index < -0.39 is 6.10 Å². The van der Waals surface area contributed by atoms with Crippen LogP contribution in [-0.4, -0.2) is 22.3 Å². The molecule has 0 bridgehead atoms. The third kappa shape index (κ3) is 3.39. The Kier molecular flexibility index (Phi) is 5.17. The first-order valence-electron chi connectivity index (χ1n) is 7.56. The van der Waals surface area contributed by atoms with Crippen molar-refractivity contribution in [2.75, 3.05) is 0 Å². The SMILES string of the molecule is CCC(CC)c1cc(CNC(=O)C2CCCC2O)on1. The molecule has 2 unspecified atom stereocenters. The molecule has 5 nitrogen and oxygen atoms in total. The molecule has 5 heteroatoms. The van der Waals surface area contributed by atoms with Crippen LogP contribution in [0.5, 0.6) is 0 Å². The summed E-state index contributed by atoms with van der Waals surface area (Å²) >= 11 is 0. The van der Waals surface area contributed by atoms with E-state index in [1.54, 1.807) is 0 Å². The van der Waals surface area contributed by atoms with Crippen molar-refractivity contribution >= 4 is 5.91 Å². The van der Waals surface area contributed by atoms with Gasteiger partial charge in [0.15, 0.2) is 5.76 Å². The molecule has 1 aromatic rings. The van der Waals surface area contributed by atoms with Crippen LogP contribution >= 0.6 is 0 Å². The highest BCUT2D eigenvalue weighted by Gasteiger charge is 2.31. The summed E-state index contributed by atoms with van der Waals surface area (Å²) in [6, 6.07) is 1.92. The van der Waals surface area contributed by atoms with Crippen LogP contribution in [0.1, 0.15) is 63.3 Å². The predicted molar refractivity (Wildman–Crippen MR) is 75.0 cm³/mol. The summed E-state index contributed by atoms with van der Waals surface area (Å²) in [5.41, 5.74) is 0.958. The van der Waals surface area contributed by atoms with Gasteiger partial charge in [-0.05, 0) is 32.1 Å². The predicted octanol–water partition coefficient (Wildman–Crippen LogP) is 2.36. The van der Waals surface area contributed by atoms with Crippen molar-refractivity contribution in [3.05, 3.63) is 17.5 Å². The van der Waals surface area contributed by atoms with Gasteiger partial charge >= 0.3 is 0 Å². The standard InChI is InChI=1S/C15H24N2O3/c1-3-10(4-2)13-8-11(20-17-13)9-16-15(19)12-6-5-7-14(12)18/h8,10,12,14,18H,3-7,9H2,1-2H3,(H,16,19). The van der Waals surface area contributed by atoms with Crippen LogP contribution in [0, 0.1) is 5.92 Å². The molecule has 0 aliphatic heterocycles. The molecular formula is C15H24N2O3. The Morgan fingerprint density at radius 1 is 1.50 bits per heavy atom. The maximum atomic E-state index is 11.9. The maximum Gasteiger partial charge on any atom is 0.226 e. The van der Waals surface area contributed by atoms with E-state index in [4.69, 9.17) is 4.52 Å². The lowest BCUT2D eigenvalue weighted by atomic mass is 9.99. The zero-order chi connectivity index (χ0) is 14.5. The normalized spacial score (nSPS) is 22.4. The molecule has 1 aromatic heterocycles. The van der Waals surface area contributed by atoms with Gasteiger partial charge in [-0.2, -0.15) is 0 Å². The van der Waals surface area contributed by atoms with Crippen molar-refractivity contribution < 1.29 is 14.4 Å². The second kappa shape index (κ2) is 6.88. The summed E-state index contributed by atoms with van der Waals surface area (Å²) in [4.78, 5) is 11.9. The summed E-state index contributed by atoms with van der Waals surface area (Å²) in [5.74, 6) is 0.736. The fourth-order valence-electron chi connectivity index (χ4n) is 2.86. The van der Waals surface area contributed by atoms with Gasteiger partial charge in [-0.3, -0.25) is 4.79 Å². The third-order valence-corrected chi connectivity index (χ3v) is 4.23. The monoisotopic (exact) mass is 280 g/mol. The molecule has 2 N–H and O–H groups in total. The van der Waals surface area contributed by atoms with Gasteiger partial charge in [-0.1, -0.05) is 19.0 Å². The first-order chi connectivity index (χ1) is 9.65. The Balaban J connectivity index is 1.86. The van der Waals surface area contributed by atoms with Crippen LogP contribution in [0.15, 0.2) is 10.6 Å². The largest absolute Gasteiger partial charge is 0.392 e. The molecule has 2 rings (SSSR count). The van der Waals surface area contributed by atoms with Gasteiger partial charge in [0, 0.05) is 12.0 Å². The number of aromatic nitrogens is 1. The quantitative estimate of drug-likeness (QED) is 0.838. The van der Waals surface area contributed by atoms with Gasteiger partial charge in [-0.25, -0.2) is 0 Å². The van der Waals surface area contributed by atoms with Crippen LogP contribution in [-0.2, 0) is 11.3 Å². The van der Waals surface area contributed by atoms with Crippen LogP contribution in [0.4, 0.5) is 0 Å². The molecule has 1 aliphatic rings. The summed E-state index contributed by atoms with van der Waals surface area (Å²) in [6.45, 7) is 4.60. The summed E-state index contributed by atoms with van der Waals surface area (Å²) in [6.07, 6.45) is 3.97. The molecule has 1 amide bonds. The average Bonchev–Trinajstić information content (AvgIpc) is 3.07. The van der Waals surface area contributed by atoms with Gasteiger partial charge in [-0.15, -0.1) is 0 Å². The van der Waals surface area contributed by atoms with Crippen molar-refractivity contribution in [2.24, 2.45) is 5.92 Å². The Labute approximate surface area is 119 Å². The highest BCUT2D eigenvalue weighted by Crippen LogP contribution is 2.26. The van der Waals surface area contributed by atoms with Crippen molar-refractivity contribution in [2.45, 2.75) is 64.5 Å². The van der Waals surface area contributed by atoms with E-state index in [1.807, 2.05) is 6.07 Å². The number of nitrogens with one attached hydrogen (secondary N) is 1. The Morgan fingerprint density at radius 3 is 2.85 bits per heavy atom. The van der Waals surface area contributed by atoms with Crippen LogP contribution in [0.2, 0.25) is 0 Å². The summed E-state index contributed by atoms with van der Waals surface area (Å²) in [7, 11) is 0. The van der Waals surface area contributed by atoms with Gasteiger partial charge in [0.05, 0.1) is 24.3 Å². The van der Waals surface area contributed by atoms with E-state index in [0.29, 0.717) is 18.2 Å². The summed E-state index contributed by atoms with van der Waals surface area (Å²) in [5, 5.41) is 16.6. The second-order valence-corrected chi connectivity index (χ2v) is 5.55. The fraction of sp³-hybridized carbons (Fsp3) is 0.733. The first kappa shape index (κ1) is 15.0. The highest BCUT2D eigenvalue weighted by atomic mass is 16.5. The van der Waals surface area contributed by atoms with Gasteiger partial charge in [0.1, 0.15) is 0 Å². The zero-order valence-electron chi connectivity index (χ0n) is 12.3. The lowest BCUT2D eigenvalue weighted by Gasteiger charge is -2.13. The fourth-order valence-corrected chi connectivity index (χ4v) is 2.86. The molecule has 1 aliphatic carbocycles. The molecule has 1 heterocycles. The van der Waals surface area contributed by atoms with Crippen LogP contribution in [0.3, 0.4) is 0 Å². The average molecular weight is 280 g/mol. The van der Waals surface area contributed by atoms with E-state index in [2.05, 4.69) is 24.3 Å². The smallest absolute Gasteiger partial charge is 0.226 e. The molecule has 2 atom stereocenters. The van der Waals surface area contributed by atoms with Crippen molar-refractivity contribution in [1.29, 1.82) is 0 Å². The van der Waals surface area contributed by atoms with Crippen molar-refractivity contribution in [3.8, 4) is 0 Å². The van der Waals surface area contributed by atoms with E-state index in [1.165, 1.54) is 0 Å². The minimum Gasteiger partial charge on any atom is -0.392 e. The van der Waals surface area contributed by atoms with E-state index in [9.17, 15) is 9.90 Å². The number of hydrogen-bond donors (Lipinski definition) is 2. The minimum atomic E-state index is -0.496. The lowest BCUT2D eigenvalue weighted by Crippen LogP contribution is -2.34. The molecule has 0 saturated heterocycles. The Bertz CT molecular complexity index is 440. The number of hydrogen-bond acceptors (Lipinski definition) is 4. The van der Waals surface area contributed by atoms with Crippen LogP contribution < -0.4 is 5.32 Å². The van der Waals surface area contributed by atoms with Gasteiger partial charge < -0.3 is 14.9 Å². The maximum absolute atomic E-state index is 11.9. The molecule has 0 spiro atoms. The number of rotatable bonds is 6. The number of carbonyl (C=O) groups is 1. The number of nitrogens with zero attached hydrogens (tertiary/aromatic N) is 1. The van der Waals surface area contributed by atoms with E-state index >= 15 is 0 Å². The third-order valence-electron chi connectivity index (χ3n) is 4.23. The van der Waals surface area contributed by atoms with Gasteiger partial charge in [0.25, 0.3) is 0 Å². The minimum absolute atomic E-state index is 0.0875. The molecule has 0 radical (unpaired) electrons. The molecule has 112 valence electrons. The number of amides is 1. The highest BCUT2D eigenvalue weighted by molar-refractivity contribution is 5.79. The summed E-state index contributed by atoms with van der Waals surface area (Å²) < 4.78 is 5.26. The number of carbonyl (C=O) groups excluding carboxylic acids is 1. The topological polar surface area (TPSA) is 75.4 Å². The van der Waals surface area contributed by atoms with Crippen LogP contribution in [0.25, 0.3) is 0 Å². The Hall–Kier alpha value is -1.36. The van der Waals surface area contributed by atoms with E-state index in [0.717, 1.165) is 37.8 Å². The molecule has 1 saturated carbocycles. The van der Waals surface area contributed by atoms with E-state index in [-0.39, 0.29) is 11.8 Å². The van der Waals surface area contributed by atoms with Crippen molar-refractivity contribution in [1.82, 2.24) is 10.5 Å². The van der Waals surface area contributed by atoms with Crippen molar-refractivity contribution in [3.63, 3.8) is 0 Å². The zero-order valence-corrected chi connectivity index (χ0v) is 12.3. The number of aliphatic hydroxyl groups excluding tert-OH is 1. The second-order valence-electron chi connectivity index (χ2n) is 5.55.